The van der Waals surface area contributed by atoms with Crippen LogP contribution in [0.15, 0.2) is 79.0 Å². The van der Waals surface area contributed by atoms with Crippen molar-refractivity contribution in [3.05, 3.63) is 95.7 Å². The van der Waals surface area contributed by atoms with Crippen LogP contribution in [-0.2, 0) is 23.3 Å². The lowest BCUT2D eigenvalue weighted by molar-refractivity contribution is -0.117. The highest BCUT2D eigenvalue weighted by molar-refractivity contribution is 6.08. The maximum atomic E-state index is 13.9. The summed E-state index contributed by atoms with van der Waals surface area (Å²) in [6.45, 7) is 7.80. The largest absolute Gasteiger partial charge is 0.497 e. The second-order valence-electron chi connectivity index (χ2n) is 11.8. The summed E-state index contributed by atoms with van der Waals surface area (Å²) in [5, 5.41) is 19.1. The van der Waals surface area contributed by atoms with Crippen LogP contribution in [0.3, 0.4) is 0 Å². The molecule has 1 aromatic heterocycles. The van der Waals surface area contributed by atoms with E-state index in [-0.39, 0.29) is 18.4 Å². The van der Waals surface area contributed by atoms with E-state index in [4.69, 9.17) is 4.74 Å². The summed E-state index contributed by atoms with van der Waals surface area (Å²) >= 11 is 0. The Bertz CT molecular complexity index is 1580. The Morgan fingerprint density at radius 2 is 1.86 bits per heavy atom. The standard InChI is InChI=1S/C35H42N4O4/c1-5-38-18-16-28-30(38)20-25(21-31(28)39-17-10-15-33(39)41)34(42)37-29(19-24-11-7-6-8-12-24)32(40)23-36-35(2,3)26-13-9-14-27(22-26)43-4/h6-9,11-14,16,18,20-22,29,32,36,40H,5,10,15,17,19,23H2,1-4H3,(H,37,42)/t29-,32+/m0/s1. The first kappa shape index (κ1) is 30.3. The van der Waals surface area contributed by atoms with E-state index in [1.165, 1.54) is 0 Å². The molecule has 0 spiro atoms. The summed E-state index contributed by atoms with van der Waals surface area (Å²) in [7, 11) is 1.64. The van der Waals surface area contributed by atoms with Crippen LogP contribution in [0.1, 0.15) is 55.1 Å². The second kappa shape index (κ2) is 13.0. The van der Waals surface area contributed by atoms with Crippen LogP contribution in [0.25, 0.3) is 10.9 Å². The van der Waals surface area contributed by atoms with Crippen molar-refractivity contribution < 1.29 is 19.4 Å². The molecule has 5 rings (SSSR count). The first-order chi connectivity index (χ1) is 20.7. The van der Waals surface area contributed by atoms with Gasteiger partial charge < -0.3 is 29.9 Å². The number of amides is 2. The van der Waals surface area contributed by atoms with Gasteiger partial charge in [-0.3, -0.25) is 9.59 Å². The number of methoxy groups -OCH3 is 1. The Morgan fingerprint density at radius 3 is 2.56 bits per heavy atom. The van der Waals surface area contributed by atoms with Gasteiger partial charge in [-0.15, -0.1) is 0 Å². The summed E-state index contributed by atoms with van der Waals surface area (Å²) in [6, 6.07) is 22.9. The van der Waals surface area contributed by atoms with E-state index in [9.17, 15) is 14.7 Å². The minimum atomic E-state index is -0.878. The zero-order chi connectivity index (χ0) is 30.6. The molecule has 4 aromatic rings. The molecule has 0 bridgehead atoms. The van der Waals surface area contributed by atoms with Crippen molar-refractivity contribution in [1.82, 2.24) is 15.2 Å². The smallest absolute Gasteiger partial charge is 0.251 e. The van der Waals surface area contributed by atoms with Crippen molar-refractivity contribution in [2.45, 2.75) is 64.3 Å². The van der Waals surface area contributed by atoms with Crippen molar-refractivity contribution >= 4 is 28.4 Å². The Balaban J connectivity index is 1.40. The van der Waals surface area contributed by atoms with E-state index < -0.39 is 17.7 Å². The Kier molecular flexibility index (Phi) is 9.18. The number of aliphatic hydroxyl groups is 1. The van der Waals surface area contributed by atoms with Gasteiger partial charge in [-0.1, -0.05) is 42.5 Å². The SMILES string of the molecule is CCn1ccc2c(N3CCCC3=O)cc(C(=O)N[C@@H](Cc3ccccc3)[C@H](O)CNC(C)(C)c3cccc(OC)c3)cc21. The normalized spacial score (nSPS) is 15.1. The quantitative estimate of drug-likeness (QED) is 0.218. The summed E-state index contributed by atoms with van der Waals surface area (Å²) in [5.41, 5.74) is 3.72. The van der Waals surface area contributed by atoms with E-state index in [0.717, 1.165) is 46.4 Å². The van der Waals surface area contributed by atoms with Gasteiger partial charge in [0.15, 0.2) is 0 Å². The predicted molar refractivity (Wildman–Crippen MR) is 171 cm³/mol. The molecule has 226 valence electrons. The molecular weight excluding hydrogens is 540 g/mol. The monoisotopic (exact) mass is 582 g/mol. The number of fused-ring (bicyclic) bond motifs is 1. The third-order valence-corrected chi connectivity index (χ3v) is 8.46. The lowest BCUT2D eigenvalue weighted by Crippen LogP contribution is -2.51. The van der Waals surface area contributed by atoms with Crippen LogP contribution in [-0.4, -0.2) is 53.8 Å². The average Bonchev–Trinajstić information content (AvgIpc) is 3.65. The number of hydrogen-bond donors (Lipinski definition) is 3. The third kappa shape index (κ3) is 6.76. The maximum absolute atomic E-state index is 13.9. The van der Waals surface area contributed by atoms with Crippen molar-refractivity contribution in [1.29, 1.82) is 0 Å². The third-order valence-electron chi connectivity index (χ3n) is 8.46. The van der Waals surface area contributed by atoms with Crippen LogP contribution in [0.2, 0.25) is 0 Å². The van der Waals surface area contributed by atoms with Crippen LogP contribution >= 0.6 is 0 Å². The van der Waals surface area contributed by atoms with Gasteiger partial charge in [-0.25, -0.2) is 0 Å². The molecule has 43 heavy (non-hydrogen) atoms. The van der Waals surface area contributed by atoms with Gasteiger partial charge in [0, 0.05) is 48.7 Å². The number of aryl methyl sites for hydroxylation is 1. The fourth-order valence-corrected chi connectivity index (χ4v) is 5.83. The number of nitrogens with one attached hydrogen (secondary N) is 2. The van der Waals surface area contributed by atoms with E-state index in [2.05, 4.69) is 36.0 Å². The van der Waals surface area contributed by atoms with Crippen LogP contribution in [0.4, 0.5) is 5.69 Å². The lowest BCUT2D eigenvalue weighted by atomic mass is 9.93. The highest BCUT2D eigenvalue weighted by atomic mass is 16.5. The van der Waals surface area contributed by atoms with Gasteiger partial charge >= 0.3 is 0 Å². The molecule has 1 aliphatic rings. The molecule has 8 heteroatoms. The van der Waals surface area contributed by atoms with Crippen molar-refractivity contribution in [3.8, 4) is 5.75 Å². The number of rotatable bonds is 12. The van der Waals surface area contributed by atoms with Crippen LogP contribution in [0.5, 0.6) is 5.75 Å². The van der Waals surface area contributed by atoms with Gasteiger partial charge in [-0.05, 0) is 75.1 Å². The first-order valence-electron chi connectivity index (χ1n) is 15.1. The summed E-state index contributed by atoms with van der Waals surface area (Å²) in [5.74, 6) is 0.555. The average molecular weight is 583 g/mol. The number of nitrogens with zero attached hydrogens (tertiary/aromatic N) is 2. The minimum Gasteiger partial charge on any atom is -0.497 e. The van der Waals surface area contributed by atoms with E-state index >= 15 is 0 Å². The molecule has 2 heterocycles. The minimum absolute atomic E-state index is 0.0743. The molecule has 2 amide bonds. The zero-order valence-electron chi connectivity index (χ0n) is 25.5. The highest BCUT2D eigenvalue weighted by Crippen LogP contribution is 2.33. The zero-order valence-corrected chi connectivity index (χ0v) is 25.5. The molecule has 3 N–H and O–H groups in total. The number of hydrogen-bond acceptors (Lipinski definition) is 5. The first-order valence-corrected chi connectivity index (χ1v) is 15.1. The Labute approximate surface area is 253 Å². The number of ether oxygens (including phenoxy) is 1. The van der Waals surface area contributed by atoms with Crippen molar-refractivity contribution in [3.63, 3.8) is 0 Å². The van der Waals surface area contributed by atoms with Gasteiger partial charge in [-0.2, -0.15) is 0 Å². The number of aromatic nitrogens is 1. The topological polar surface area (TPSA) is 95.8 Å². The summed E-state index contributed by atoms with van der Waals surface area (Å²) in [4.78, 5) is 28.4. The molecule has 8 nitrogen and oxygen atoms in total. The molecule has 0 radical (unpaired) electrons. The van der Waals surface area contributed by atoms with Crippen molar-refractivity contribution in [2.75, 3.05) is 25.1 Å². The predicted octanol–water partition coefficient (Wildman–Crippen LogP) is 5.02. The molecule has 2 atom stereocenters. The number of anilines is 1. The number of carbonyl (C=O) groups excluding carboxylic acids is 2. The maximum Gasteiger partial charge on any atom is 0.251 e. The summed E-state index contributed by atoms with van der Waals surface area (Å²) < 4.78 is 7.48. The lowest BCUT2D eigenvalue weighted by Gasteiger charge is -2.31. The van der Waals surface area contributed by atoms with Gasteiger partial charge in [0.2, 0.25) is 5.91 Å². The molecule has 1 fully saturated rings. The van der Waals surface area contributed by atoms with E-state index in [0.29, 0.717) is 24.9 Å². The second-order valence-corrected chi connectivity index (χ2v) is 11.8. The Hall–Kier alpha value is -4.14. The molecule has 0 saturated carbocycles. The van der Waals surface area contributed by atoms with Crippen LogP contribution < -0.4 is 20.3 Å². The van der Waals surface area contributed by atoms with Gasteiger partial charge in [0.05, 0.1) is 30.5 Å². The number of benzene rings is 3. The van der Waals surface area contributed by atoms with Gasteiger partial charge in [0.1, 0.15) is 5.75 Å². The number of carbonyl (C=O) groups is 2. The fraction of sp³-hybridized carbons (Fsp3) is 0.371. The highest BCUT2D eigenvalue weighted by Gasteiger charge is 2.29. The Morgan fingerprint density at radius 1 is 1.07 bits per heavy atom. The van der Waals surface area contributed by atoms with E-state index in [1.54, 1.807) is 12.0 Å². The van der Waals surface area contributed by atoms with Gasteiger partial charge in [0.25, 0.3) is 5.91 Å². The van der Waals surface area contributed by atoms with Crippen molar-refractivity contribution in [2.24, 2.45) is 0 Å². The molecule has 0 aliphatic carbocycles. The van der Waals surface area contributed by atoms with Crippen LogP contribution in [0, 0.1) is 0 Å². The number of aliphatic hydroxyl groups excluding tert-OH is 1. The van der Waals surface area contributed by atoms with E-state index in [1.807, 2.05) is 79.0 Å². The summed E-state index contributed by atoms with van der Waals surface area (Å²) in [6.07, 6.45) is 2.89. The molecular formula is C35H42N4O4. The molecule has 1 saturated heterocycles. The molecule has 0 unspecified atom stereocenters. The fourth-order valence-electron chi connectivity index (χ4n) is 5.83. The molecule has 3 aromatic carbocycles. The molecule has 1 aliphatic heterocycles.